The largest absolute Gasteiger partial charge is 0.421 e. The number of alkyl halides is 3. The predicted molar refractivity (Wildman–Crippen MR) is 110 cm³/mol. The van der Waals surface area contributed by atoms with Gasteiger partial charge >= 0.3 is 6.18 Å². The zero-order valence-electron chi connectivity index (χ0n) is 17.9. The van der Waals surface area contributed by atoms with Crippen LogP contribution < -0.4 is 5.73 Å². The van der Waals surface area contributed by atoms with Crippen LogP contribution in [0.2, 0.25) is 0 Å². The normalized spacial score (nSPS) is 13.8. The Morgan fingerprint density at radius 3 is 2.42 bits per heavy atom. The third kappa shape index (κ3) is 5.46. The maximum atomic E-state index is 13.8. The minimum atomic E-state index is -5.00. The minimum absolute atomic E-state index is 0.0429. The number of carbonyl (C=O) groups excluding carboxylic acids is 2. The van der Waals surface area contributed by atoms with Crippen LogP contribution in [0.4, 0.5) is 19.0 Å². The van der Waals surface area contributed by atoms with Gasteiger partial charge in [-0.15, -0.1) is 0 Å². The molecule has 1 heterocycles. The highest BCUT2D eigenvalue weighted by Gasteiger charge is 2.54. The first-order chi connectivity index (χ1) is 14.3. The van der Waals surface area contributed by atoms with Crippen molar-refractivity contribution in [2.75, 3.05) is 5.73 Å². The Morgan fingerprint density at radius 2 is 1.87 bits per heavy atom. The van der Waals surface area contributed by atoms with Crippen LogP contribution in [0.3, 0.4) is 0 Å². The van der Waals surface area contributed by atoms with Crippen molar-refractivity contribution in [3.8, 4) is 11.3 Å². The third-order valence-electron chi connectivity index (χ3n) is 4.96. The molecule has 1 atom stereocenters. The van der Waals surface area contributed by atoms with Gasteiger partial charge in [0, 0.05) is 18.4 Å². The number of aromatic nitrogens is 2. The number of Topliss-reactive ketones (excluding diaryl/α,β-unsaturated/α-hetero) is 2. The van der Waals surface area contributed by atoms with Gasteiger partial charge in [-0.1, -0.05) is 26.0 Å². The number of nitrogens with zero attached hydrogens (tertiary/aromatic N) is 2. The van der Waals surface area contributed by atoms with Gasteiger partial charge in [-0.05, 0) is 43.4 Å². The fraction of sp³-hybridized carbons (Fsp3) is 0.455. The first-order valence-electron chi connectivity index (χ1n) is 9.82. The molecule has 1 aromatic carbocycles. The summed E-state index contributed by atoms with van der Waals surface area (Å²) < 4.78 is 41.3. The number of ketones is 2. The molecule has 0 radical (unpaired) electrons. The smallest absolute Gasteiger partial charge is 0.382 e. The van der Waals surface area contributed by atoms with Gasteiger partial charge in [-0.2, -0.15) is 13.2 Å². The van der Waals surface area contributed by atoms with E-state index < -0.39 is 36.0 Å². The molecule has 0 saturated carbocycles. The van der Waals surface area contributed by atoms with E-state index in [-0.39, 0.29) is 40.9 Å². The Morgan fingerprint density at radius 1 is 1.23 bits per heavy atom. The van der Waals surface area contributed by atoms with Crippen LogP contribution in [0.1, 0.15) is 61.6 Å². The van der Waals surface area contributed by atoms with E-state index in [4.69, 9.17) is 5.73 Å². The second-order valence-electron chi connectivity index (χ2n) is 8.10. The molecule has 31 heavy (non-hydrogen) atoms. The van der Waals surface area contributed by atoms with Crippen molar-refractivity contribution in [3.63, 3.8) is 0 Å². The summed E-state index contributed by atoms with van der Waals surface area (Å²) in [7, 11) is 0. The number of hydrogen-bond acceptors (Lipinski definition) is 6. The Balaban J connectivity index is 2.59. The average Bonchev–Trinajstić information content (AvgIpc) is 2.65. The number of benzene rings is 1. The van der Waals surface area contributed by atoms with E-state index in [9.17, 15) is 27.9 Å². The second-order valence-corrected chi connectivity index (χ2v) is 8.10. The van der Waals surface area contributed by atoms with Gasteiger partial charge in [0.15, 0.2) is 17.2 Å². The van der Waals surface area contributed by atoms with Gasteiger partial charge in [-0.25, -0.2) is 9.97 Å². The molecule has 0 bridgehead atoms. The first kappa shape index (κ1) is 24.5. The summed E-state index contributed by atoms with van der Waals surface area (Å²) in [4.78, 5) is 32.0. The fourth-order valence-electron chi connectivity index (χ4n) is 3.16. The molecule has 0 amide bonds. The summed E-state index contributed by atoms with van der Waals surface area (Å²) in [6, 6.07) is 3.75. The van der Waals surface area contributed by atoms with Gasteiger partial charge in [0.25, 0.3) is 0 Å². The summed E-state index contributed by atoms with van der Waals surface area (Å²) in [5.41, 5.74) is 3.12. The van der Waals surface area contributed by atoms with Crippen LogP contribution in [0.25, 0.3) is 11.3 Å². The molecule has 0 aliphatic carbocycles. The lowest BCUT2D eigenvalue weighted by Crippen LogP contribution is -2.42. The molecular weight excluding hydrogens is 411 g/mol. The molecule has 0 spiro atoms. The monoisotopic (exact) mass is 437 g/mol. The Hall–Kier alpha value is -2.81. The van der Waals surface area contributed by atoms with Crippen LogP contribution in [-0.2, 0) is 10.4 Å². The molecule has 0 saturated heterocycles. The SMILES string of the molecule is CC(=O)CCC(O)(c1ccc(C)c(-c2cnc(N)c(C(=O)CC(C)C)n2)c1)C(F)(F)F. The highest BCUT2D eigenvalue weighted by molar-refractivity contribution is 5.98. The van der Waals surface area contributed by atoms with Crippen molar-refractivity contribution in [2.24, 2.45) is 5.92 Å². The van der Waals surface area contributed by atoms with Crippen molar-refractivity contribution >= 4 is 17.4 Å². The fourth-order valence-corrected chi connectivity index (χ4v) is 3.16. The van der Waals surface area contributed by atoms with Gasteiger partial charge in [0.05, 0.1) is 11.9 Å². The second kappa shape index (κ2) is 9.13. The Bertz CT molecular complexity index is 990. The van der Waals surface area contributed by atoms with Crippen molar-refractivity contribution in [1.82, 2.24) is 9.97 Å². The first-order valence-corrected chi connectivity index (χ1v) is 9.82. The number of anilines is 1. The molecule has 168 valence electrons. The summed E-state index contributed by atoms with van der Waals surface area (Å²) in [6.45, 7) is 6.54. The number of nitrogen functional groups attached to an aromatic ring is 1. The topological polar surface area (TPSA) is 106 Å². The maximum absolute atomic E-state index is 13.8. The minimum Gasteiger partial charge on any atom is -0.382 e. The van der Waals surface area contributed by atoms with Gasteiger partial charge in [0.1, 0.15) is 11.5 Å². The molecule has 6 nitrogen and oxygen atoms in total. The standard InChI is InChI=1S/C22H26F3N3O3/c1-12(2)9-18(30)19-20(26)27-11-17(28-19)16-10-15(6-5-13(16)3)21(31,22(23,24)25)8-7-14(4)29/h5-6,10-12,31H,7-9H2,1-4H3,(H2,26,27). The van der Waals surface area contributed by atoms with E-state index in [0.717, 1.165) is 6.92 Å². The molecule has 9 heteroatoms. The van der Waals surface area contributed by atoms with E-state index >= 15 is 0 Å². The Kier molecular flexibility index (Phi) is 7.21. The van der Waals surface area contributed by atoms with Crippen molar-refractivity contribution in [3.05, 3.63) is 41.2 Å². The van der Waals surface area contributed by atoms with Crippen molar-refractivity contribution in [2.45, 2.75) is 58.7 Å². The number of nitrogens with two attached hydrogens (primary N) is 1. The predicted octanol–water partition coefficient (Wildman–Crippen LogP) is 4.38. The van der Waals surface area contributed by atoms with Crippen molar-refractivity contribution in [1.29, 1.82) is 0 Å². The summed E-state index contributed by atoms with van der Waals surface area (Å²) in [6.07, 6.45) is -4.77. The molecule has 0 aliphatic rings. The average molecular weight is 437 g/mol. The number of aliphatic hydroxyl groups is 1. The Labute approximate surface area is 178 Å². The van der Waals surface area contributed by atoms with Gasteiger partial charge in [-0.3, -0.25) is 4.79 Å². The van der Waals surface area contributed by atoms with Crippen LogP contribution in [0.5, 0.6) is 0 Å². The lowest BCUT2D eigenvalue weighted by Gasteiger charge is -2.31. The molecule has 0 fully saturated rings. The number of halogens is 3. The number of rotatable bonds is 8. The van der Waals surface area contributed by atoms with Gasteiger partial charge < -0.3 is 15.6 Å². The van der Waals surface area contributed by atoms with Crippen LogP contribution in [0.15, 0.2) is 24.4 Å². The lowest BCUT2D eigenvalue weighted by molar-refractivity contribution is -0.269. The van der Waals surface area contributed by atoms with E-state index in [2.05, 4.69) is 9.97 Å². The molecule has 1 unspecified atom stereocenters. The van der Waals surface area contributed by atoms with Crippen molar-refractivity contribution < 1.29 is 27.9 Å². The quantitative estimate of drug-likeness (QED) is 0.594. The molecule has 0 aliphatic heterocycles. The molecule has 2 aromatic rings. The highest BCUT2D eigenvalue weighted by Crippen LogP contribution is 2.43. The molecule has 1 aromatic heterocycles. The molecule has 3 N–H and O–H groups in total. The lowest BCUT2D eigenvalue weighted by atomic mass is 9.85. The van der Waals surface area contributed by atoms with Gasteiger partial charge in [0.2, 0.25) is 0 Å². The molecular formula is C22H26F3N3O3. The number of hydrogen-bond donors (Lipinski definition) is 2. The molecule has 2 rings (SSSR count). The summed E-state index contributed by atoms with van der Waals surface area (Å²) in [5, 5.41) is 10.5. The zero-order valence-corrected chi connectivity index (χ0v) is 17.9. The number of aryl methyl sites for hydroxylation is 1. The summed E-state index contributed by atoms with van der Waals surface area (Å²) in [5.74, 6) is -0.779. The number of carbonyl (C=O) groups is 2. The van der Waals surface area contributed by atoms with E-state index in [1.165, 1.54) is 24.4 Å². The maximum Gasteiger partial charge on any atom is 0.421 e. The van der Waals surface area contributed by atoms with Crippen LogP contribution in [-0.4, -0.2) is 32.8 Å². The van der Waals surface area contributed by atoms with Crippen LogP contribution >= 0.6 is 0 Å². The van der Waals surface area contributed by atoms with E-state index in [1.807, 2.05) is 13.8 Å². The third-order valence-corrected chi connectivity index (χ3v) is 4.96. The zero-order chi connectivity index (χ0) is 23.6. The summed E-state index contributed by atoms with van der Waals surface area (Å²) >= 11 is 0. The van der Waals surface area contributed by atoms with Crippen LogP contribution in [0, 0.1) is 12.8 Å². The van der Waals surface area contributed by atoms with E-state index in [0.29, 0.717) is 5.56 Å². The van der Waals surface area contributed by atoms with E-state index in [1.54, 1.807) is 6.92 Å². The highest BCUT2D eigenvalue weighted by atomic mass is 19.4.